The molecule has 1 fully saturated rings. The largest absolute Gasteiger partial charge is 0.368 e. The molecular formula is C16H21N3O. The second-order valence-corrected chi connectivity index (χ2v) is 5.53. The zero-order valence-corrected chi connectivity index (χ0v) is 11.9. The van der Waals surface area contributed by atoms with Crippen molar-refractivity contribution < 1.29 is 4.79 Å². The van der Waals surface area contributed by atoms with Gasteiger partial charge >= 0.3 is 0 Å². The molecule has 3 rings (SSSR count). The van der Waals surface area contributed by atoms with E-state index in [0.29, 0.717) is 0 Å². The standard InChI is InChI=1S/C16H21N3O/c1-12(16(20)19-10-2-3-11-19)13-4-6-14(7-5-13)15-17-8-9-18-15/h4-7,12H,2-3,8-11H2,1H3,(H,17,18)/t12-/m1/s1. The highest BCUT2D eigenvalue weighted by atomic mass is 16.2. The van der Waals surface area contributed by atoms with Crippen LogP contribution in [0.2, 0.25) is 0 Å². The number of carbonyl (C=O) groups is 1. The smallest absolute Gasteiger partial charge is 0.229 e. The van der Waals surface area contributed by atoms with Crippen LogP contribution in [0.25, 0.3) is 0 Å². The fourth-order valence-electron chi connectivity index (χ4n) is 2.87. The predicted octanol–water partition coefficient (Wildman–Crippen LogP) is 1.76. The van der Waals surface area contributed by atoms with E-state index in [1.165, 1.54) is 0 Å². The summed E-state index contributed by atoms with van der Waals surface area (Å²) in [6, 6.07) is 8.22. The molecule has 1 aromatic rings. The molecule has 1 amide bonds. The first kappa shape index (κ1) is 13.2. The van der Waals surface area contributed by atoms with Gasteiger partial charge in [0.1, 0.15) is 5.84 Å². The van der Waals surface area contributed by atoms with E-state index in [1.807, 2.05) is 11.8 Å². The van der Waals surface area contributed by atoms with Gasteiger partial charge in [0.15, 0.2) is 0 Å². The van der Waals surface area contributed by atoms with Crippen LogP contribution in [0.3, 0.4) is 0 Å². The minimum Gasteiger partial charge on any atom is -0.368 e. The first-order valence-electron chi connectivity index (χ1n) is 7.43. The normalized spacial score (nSPS) is 19.6. The Morgan fingerprint density at radius 3 is 2.55 bits per heavy atom. The van der Waals surface area contributed by atoms with Crippen LogP contribution in [0.4, 0.5) is 0 Å². The Balaban J connectivity index is 1.71. The van der Waals surface area contributed by atoms with Gasteiger partial charge in [-0.3, -0.25) is 9.79 Å². The van der Waals surface area contributed by atoms with Crippen molar-refractivity contribution in [1.82, 2.24) is 10.2 Å². The second kappa shape index (κ2) is 5.65. The molecule has 1 saturated heterocycles. The van der Waals surface area contributed by atoms with Gasteiger partial charge in [-0.2, -0.15) is 0 Å². The van der Waals surface area contributed by atoms with Gasteiger partial charge in [0.2, 0.25) is 5.91 Å². The summed E-state index contributed by atoms with van der Waals surface area (Å²) >= 11 is 0. The average Bonchev–Trinajstić information content (AvgIpc) is 3.18. The van der Waals surface area contributed by atoms with Crippen LogP contribution in [0.1, 0.15) is 36.8 Å². The maximum atomic E-state index is 12.4. The number of rotatable bonds is 3. The molecule has 0 aliphatic carbocycles. The fourth-order valence-corrected chi connectivity index (χ4v) is 2.87. The zero-order chi connectivity index (χ0) is 13.9. The van der Waals surface area contributed by atoms with Crippen molar-refractivity contribution in [3.8, 4) is 0 Å². The molecule has 4 nitrogen and oxygen atoms in total. The first-order chi connectivity index (χ1) is 9.75. The van der Waals surface area contributed by atoms with E-state index in [1.54, 1.807) is 0 Å². The molecule has 0 aromatic heterocycles. The molecule has 0 spiro atoms. The fraction of sp³-hybridized carbons (Fsp3) is 0.500. The van der Waals surface area contributed by atoms with Crippen molar-refractivity contribution in [1.29, 1.82) is 0 Å². The summed E-state index contributed by atoms with van der Waals surface area (Å²) in [5.41, 5.74) is 2.19. The van der Waals surface area contributed by atoms with Crippen LogP contribution in [-0.2, 0) is 4.79 Å². The van der Waals surface area contributed by atoms with E-state index in [9.17, 15) is 4.79 Å². The topological polar surface area (TPSA) is 44.7 Å². The second-order valence-electron chi connectivity index (χ2n) is 5.53. The average molecular weight is 271 g/mol. The maximum absolute atomic E-state index is 12.4. The van der Waals surface area contributed by atoms with E-state index < -0.39 is 0 Å². The van der Waals surface area contributed by atoms with Gasteiger partial charge in [-0.25, -0.2) is 0 Å². The van der Waals surface area contributed by atoms with Crippen molar-refractivity contribution in [3.05, 3.63) is 35.4 Å². The molecule has 1 N–H and O–H groups in total. The summed E-state index contributed by atoms with van der Waals surface area (Å²) in [6.45, 7) is 5.60. The van der Waals surface area contributed by atoms with Crippen molar-refractivity contribution in [2.24, 2.45) is 4.99 Å². The highest BCUT2D eigenvalue weighted by Crippen LogP contribution is 2.21. The van der Waals surface area contributed by atoms with E-state index in [-0.39, 0.29) is 11.8 Å². The third kappa shape index (κ3) is 2.55. The zero-order valence-electron chi connectivity index (χ0n) is 11.9. The van der Waals surface area contributed by atoms with Gasteiger partial charge in [0.05, 0.1) is 12.5 Å². The molecule has 2 aliphatic rings. The number of amidine groups is 1. The summed E-state index contributed by atoms with van der Waals surface area (Å²) in [5.74, 6) is 1.17. The number of aliphatic imine (C=N–C) groups is 1. The van der Waals surface area contributed by atoms with E-state index >= 15 is 0 Å². The lowest BCUT2D eigenvalue weighted by molar-refractivity contribution is -0.131. The van der Waals surface area contributed by atoms with Gasteiger partial charge in [0.25, 0.3) is 0 Å². The molecule has 20 heavy (non-hydrogen) atoms. The van der Waals surface area contributed by atoms with Crippen LogP contribution >= 0.6 is 0 Å². The third-order valence-corrected chi connectivity index (χ3v) is 4.15. The number of nitrogens with one attached hydrogen (secondary N) is 1. The highest BCUT2D eigenvalue weighted by Gasteiger charge is 2.24. The monoisotopic (exact) mass is 271 g/mol. The SMILES string of the molecule is C[C@@H](C(=O)N1CCCC1)c1ccc(C2=NCCN2)cc1. The molecule has 0 bridgehead atoms. The minimum atomic E-state index is -0.0550. The van der Waals surface area contributed by atoms with Gasteiger partial charge in [-0.05, 0) is 25.3 Å². The molecule has 106 valence electrons. The minimum absolute atomic E-state index is 0.0550. The summed E-state index contributed by atoms with van der Waals surface area (Å²) in [5, 5.41) is 3.26. The third-order valence-electron chi connectivity index (χ3n) is 4.15. The van der Waals surface area contributed by atoms with Gasteiger partial charge in [-0.1, -0.05) is 24.3 Å². The number of amides is 1. The first-order valence-corrected chi connectivity index (χ1v) is 7.43. The van der Waals surface area contributed by atoms with E-state index in [0.717, 1.165) is 56.0 Å². The Bertz CT molecular complexity index is 515. The van der Waals surface area contributed by atoms with Crippen LogP contribution in [-0.4, -0.2) is 42.8 Å². The molecule has 1 atom stereocenters. The summed E-state index contributed by atoms with van der Waals surface area (Å²) in [6.07, 6.45) is 2.28. The van der Waals surface area contributed by atoms with Gasteiger partial charge < -0.3 is 10.2 Å². The Labute approximate surface area is 119 Å². The van der Waals surface area contributed by atoms with E-state index in [4.69, 9.17) is 0 Å². The lowest BCUT2D eigenvalue weighted by Gasteiger charge is -2.20. The maximum Gasteiger partial charge on any atom is 0.229 e. The molecule has 0 radical (unpaired) electrons. The molecule has 2 heterocycles. The number of benzene rings is 1. The summed E-state index contributed by atoms with van der Waals surface area (Å²) < 4.78 is 0. The van der Waals surface area contributed by atoms with Crippen LogP contribution in [0, 0.1) is 0 Å². The molecule has 0 saturated carbocycles. The van der Waals surface area contributed by atoms with Crippen LogP contribution < -0.4 is 5.32 Å². The molecule has 0 unspecified atom stereocenters. The Morgan fingerprint density at radius 1 is 1.25 bits per heavy atom. The number of carbonyl (C=O) groups excluding carboxylic acids is 1. The number of hydrogen-bond donors (Lipinski definition) is 1. The van der Waals surface area contributed by atoms with Crippen LogP contribution in [0.15, 0.2) is 29.3 Å². The summed E-state index contributed by atoms with van der Waals surface area (Å²) in [4.78, 5) is 18.8. The van der Waals surface area contributed by atoms with Crippen LogP contribution in [0.5, 0.6) is 0 Å². The molecule has 2 aliphatic heterocycles. The number of nitrogens with zero attached hydrogens (tertiary/aromatic N) is 2. The lowest BCUT2D eigenvalue weighted by Crippen LogP contribution is -2.31. The molecular weight excluding hydrogens is 250 g/mol. The Kier molecular flexibility index (Phi) is 3.72. The highest BCUT2D eigenvalue weighted by molar-refractivity contribution is 5.99. The summed E-state index contributed by atoms with van der Waals surface area (Å²) in [7, 11) is 0. The quantitative estimate of drug-likeness (QED) is 0.910. The van der Waals surface area contributed by atoms with Crippen molar-refractivity contribution in [3.63, 3.8) is 0 Å². The van der Waals surface area contributed by atoms with Crippen molar-refractivity contribution in [2.75, 3.05) is 26.2 Å². The molecule has 1 aromatic carbocycles. The van der Waals surface area contributed by atoms with Gasteiger partial charge in [-0.15, -0.1) is 0 Å². The predicted molar refractivity (Wildman–Crippen MR) is 80.1 cm³/mol. The van der Waals surface area contributed by atoms with Crippen molar-refractivity contribution >= 4 is 11.7 Å². The number of likely N-dealkylation sites (tertiary alicyclic amines) is 1. The number of hydrogen-bond acceptors (Lipinski definition) is 3. The van der Waals surface area contributed by atoms with Crippen molar-refractivity contribution in [2.45, 2.75) is 25.7 Å². The molecule has 4 heteroatoms. The van der Waals surface area contributed by atoms with Gasteiger partial charge in [0, 0.05) is 25.2 Å². The lowest BCUT2D eigenvalue weighted by atomic mass is 9.98. The Hall–Kier alpha value is -1.84. The van der Waals surface area contributed by atoms with E-state index in [2.05, 4.69) is 34.6 Å². The Morgan fingerprint density at radius 2 is 1.95 bits per heavy atom.